The fourth-order valence-electron chi connectivity index (χ4n) is 1.58. The number of hydrogen-bond acceptors (Lipinski definition) is 3. The molecule has 0 radical (unpaired) electrons. The van der Waals surface area contributed by atoms with Crippen molar-refractivity contribution in [2.24, 2.45) is 0 Å². The molecule has 108 valence electrons. The first kappa shape index (κ1) is 15.9. The molecule has 20 heavy (non-hydrogen) atoms. The van der Waals surface area contributed by atoms with Crippen LogP contribution in [0.5, 0.6) is 0 Å². The quantitative estimate of drug-likeness (QED) is 0.665. The van der Waals surface area contributed by atoms with Gasteiger partial charge in [-0.1, -0.05) is 17.7 Å². The second-order valence-corrected chi connectivity index (χ2v) is 4.58. The summed E-state index contributed by atoms with van der Waals surface area (Å²) in [4.78, 5) is 23.6. The van der Waals surface area contributed by atoms with Gasteiger partial charge < -0.3 is 10.1 Å². The average molecular weight is 279 g/mol. The van der Waals surface area contributed by atoms with Gasteiger partial charge in [0.25, 0.3) is 5.91 Å². The molecule has 1 N–H and O–H groups in total. The number of halogens is 1. The molecule has 4 nitrogen and oxygen atoms in total. The number of methoxy groups -OCH3 is 1. The lowest BCUT2D eigenvalue weighted by molar-refractivity contribution is -0.142. The van der Waals surface area contributed by atoms with Crippen molar-refractivity contribution >= 4 is 11.9 Å². The van der Waals surface area contributed by atoms with Crippen LogP contribution in [-0.2, 0) is 9.53 Å². The van der Waals surface area contributed by atoms with Crippen LogP contribution in [0.1, 0.15) is 30.6 Å². The monoisotopic (exact) mass is 279 g/mol. The standard InChI is InChI=1S/C15H18FNO3/c1-10(2)7-8-13(15(19)20-3)17-14(18)11-5-4-6-12(16)9-11/h4-7,9,13H,8H2,1-3H3,(H,17,18)/t13-/m1/s1. The van der Waals surface area contributed by atoms with Crippen molar-refractivity contribution in [3.63, 3.8) is 0 Å². The van der Waals surface area contributed by atoms with E-state index in [2.05, 4.69) is 10.1 Å². The summed E-state index contributed by atoms with van der Waals surface area (Å²) >= 11 is 0. The lowest BCUT2D eigenvalue weighted by atomic mass is 10.1. The number of nitrogens with one attached hydrogen (secondary N) is 1. The third kappa shape index (κ3) is 4.84. The molecule has 0 aliphatic carbocycles. The van der Waals surface area contributed by atoms with E-state index in [0.717, 1.165) is 11.6 Å². The number of benzene rings is 1. The predicted octanol–water partition coefficient (Wildman–Crippen LogP) is 2.45. The Kier molecular flexibility index (Phi) is 5.90. The minimum atomic E-state index is -0.786. The Morgan fingerprint density at radius 3 is 2.65 bits per heavy atom. The maximum absolute atomic E-state index is 13.1. The van der Waals surface area contributed by atoms with Crippen LogP contribution >= 0.6 is 0 Å². The topological polar surface area (TPSA) is 55.4 Å². The number of rotatable bonds is 5. The molecule has 0 aliphatic heterocycles. The summed E-state index contributed by atoms with van der Waals surface area (Å²) in [6, 6.07) is 4.49. The molecule has 1 amide bonds. The molecule has 0 bridgehead atoms. The maximum atomic E-state index is 13.1. The summed E-state index contributed by atoms with van der Waals surface area (Å²) in [5, 5.41) is 2.54. The van der Waals surface area contributed by atoms with E-state index in [1.54, 1.807) is 0 Å². The zero-order valence-corrected chi connectivity index (χ0v) is 11.8. The minimum absolute atomic E-state index is 0.163. The highest BCUT2D eigenvalue weighted by Gasteiger charge is 2.21. The van der Waals surface area contributed by atoms with E-state index in [-0.39, 0.29) is 5.56 Å². The lowest BCUT2D eigenvalue weighted by Gasteiger charge is -2.15. The van der Waals surface area contributed by atoms with Gasteiger partial charge in [0.05, 0.1) is 7.11 Å². The van der Waals surface area contributed by atoms with Crippen LogP contribution in [0.2, 0.25) is 0 Å². The first-order chi connectivity index (χ1) is 9.43. The van der Waals surface area contributed by atoms with Crippen molar-refractivity contribution < 1.29 is 18.7 Å². The fourth-order valence-corrected chi connectivity index (χ4v) is 1.58. The number of carbonyl (C=O) groups excluding carboxylic acids is 2. The lowest BCUT2D eigenvalue weighted by Crippen LogP contribution is -2.41. The number of carbonyl (C=O) groups is 2. The van der Waals surface area contributed by atoms with Gasteiger partial charge in [-0.3, -0.25) is 4.79 Å². The smallest absolute Gasteiger partial charge is 0.328 e. The number of hydrogen-bond donors (Lipinski definition) is 1. The molecule has 1 aromatic rings. The SMILES string of the molecule is COC(=O)[C@@H](CC=C(C)C)NC(=O)c1cccc(F)c1. The molecule has 0 heterocycles. The van der Waals surface area contributed by atoms with Gasteiger partial charge in [0.15, 0.2) is 0 Å². The predicted molar refractivity (Wildman–Crippen MR) is 73.7 cm³/mol. The molecule has 0 unspecified atom stereocenters. The molecule has 5 heteroatoms. The fraction of sp³-hybridized carbons (Fsp3) is 0.333. The van der Waals surface area contributed by atoms with Gasteiger partial charge in [-0.2, -0.15) is 0 Å². The van der Waals surface area contributed by atoms with Crippen molar-refractivity contribution in [3.8, 4) is 0 Å². The van der Waals surface area contributed by atoms with Crippen LogP contribution in [0, 0.1) is 5.82 Å². The van der Waals surface area contributed by atoms with Crippen LogP contribution in [-0.4, -0.2) is 25.0 Å². The highest BCUT2D eigenvalue weighted by molar-refractivity contribution is 5.96. The summed E-state index contributed by atoms with van der Waals surface area (Å²) in [6.45, 7) is 3.78. The van der Waals surface area contributed by atoms with E-state index in [4.69, 9.17) is 0 Å². The van der Waals surface area contributed by atoms with Crippen LogP contribution in [0.15, 0.2) is 35.9 Å². The van der Waals surface area contributed by atoms with E-state index < -0.39 is 23.7 Å². The Labute approximate surface area is 117 Å². The van der Waals surface area contributed by atoms with Crippen molar-refractivity contribution in [2.75, 3.05) is 7.11 Å². The molecular formula is C15H18FNO3. The third-order valence-corrected chi connectivity index (χ3v) is 2.64. The maximum Gasteiger partial charge on any atom is 0.328 e. The second-order valence-electron chi connectivity index (χ2n) is 4.58. The van der Waals surface area contributed by atoms with Crippen molar-refractivity contribution in [1.82, 2.24) is 5.32 Å². The zero-order chi connectivity index (χ0) is 15.1. The number of esters is 1. The zero-order valence-electron chi connectivity index (χ0n) is 11.8. The highest BCUT2D eigenvalue weighted by atomic mass is 19.1. The van der Waals surface area contributed by atoms with Crippen molar-refractivity contribution in [3.05, 3.63) is 47.3 Å². The summed E-state index contributed by atoms with van der Waals surface area (Å²) < 4.78 is 17.7. The van der Waals surface area contributed by atoms with E-state index in [0.29, 0.717) is 6.42 Å². The van der Waals surface area contributed by atoms with Crippen LogP contribution < -0.4 is 5.32 Å². The molecule has 0 fully saturated rings. The van der Waals surface area contributed by atoms with Gasteiger partial charge in [-0.15, -0.1) is 0 Å². The summed E-state index contributed by atoms with van der Waals surface area (Å²) in [6.07, 6.45) is 2.16. The van der Waals surface area contributed by atoms with Gasteiger partial charge in [0.2, 0.25) is 0 Å². The Hall–Kier alpha value is -2.17. The third-order valence-electron chi connectivity index (χ3n) is 2.64. The molecule has 0 spiro atoms. The summed E-state index contributed by atoms with van der Waals surface area (Å²) in [7, 11) is 1.26. The van der Waals surface area contributed by atoms with E-state index in [9.17, 15) is 14.0 Å². The molecule has 0 saturated carbocycles. The number of allylic oxidation sites excluding steroid dienone is 1. The van der Waals surface area contributed by atoms with Crippen LogP contribution in [0.25, 0.3) is 0 Å². The normalized spacial score (nSPS) is 11.4. The van der Waals surface area contributed by atoms with Crippen LogP contribution in [0.3, 0.4) is 0 Å². The molecule has 1 aromatic carbocycles. The molecule has 0 saturated heterocycles. The van der Waals surface area contributed by atoms with Crippen molar-refractivity contribution in [2.45, 2.75) is 26.3 Å². The van der Waals surface area contributed by atoms with Crippen LogP contribution in [0.4, 0.5) is 4.39 Å². The summed E-state index contributed by atoms with van der Waals surface area (Å²) in [5.41, 5.74) is 1.19. The Morgan fingerprint density at radius 1 is 1.40 bits per heavy atom. The van der Waals surface area contributed by atoms with Gasteiger partial charge in [0, 0.05) is 5.56 Å². The average Bonchev–Trinajstić information content (AvgIpc) is 2.42. The Balaban J connectivity index is 2.81. The highest BCUT2D eigenvalue weighted by Crippen LogP contribution is 2.06. The molecule has 1 atom stereocenters. The minimum Gasteiger partial charge on any atom is -0.467 e. The Bertz CT molecular complexity index is 522. The van der Waals surface area contributed by atoms with Crippen molar-refractivity contribution in [1.29, 1.82) is 0 Å². The van der Waals surface area contributed by atoms with Gasteiger partial charge >= 0.3 is 5.97 Å². The number of amides is 1. The van der Waals surface area contributed by atoms with E-state index in [1.807, 2.05) is 19.9 Å². The second kappa shape index (κ2) is 7.43. The van der Waals surface area contributed by atoms with E-state index in [1.165, 1.54) is 25.3 Å². The molecule has 0 aliphatic rings. The first-order valence-electron chi connectivity index (χ1n) is 6.21. The molecular weight excluding hydrogens is 261 g/mol. The first-order valence-corrected chi connectivity index (χ1v) is 6.21. The number of ether oxygens (including phenoxy) is 1. The van der Waals surface area contributed by atoms with Gasteiger partial charge in [-0.05, 0) is 38.5 Å². The van der Waals surface area contributed by atoms with Gasteiger partial charge in [0.1, 0.15) is 11.9 Å². The Morgan fingerprint density at radius 2 is 2.10 bits per heavy atom. The van der Waals surface area contributed by atoms with Gasteiger partial charge in [-0.25, -0.2) is 9.18 Å². The molecule has 0 aromatic heterocycles. The largest absolute Gasteiger partial charge is 0.467 e. The summed E-state index contributed by atoms with van der Waals surface area (Å²) in [5.74, 6) is -1.55. The van der Waals surface area contributed by atoms with E-state index >= 15 is 0 Å². The molecule has 1 rings (SSSR count).